The molecule has 10 heteroatoms. The first-order chi connectivity index (χ1) is 10.8. The second kappa shape index (κ2) is 6.90. The third kappa shape index (κ3) is 4.15. The smallest absolute Gasteiger partial charge is 0.407 e. The number of nitrogens with one attached hydrogen (secondary N) is 2. The van der Waals surface area contributed by atoms with Gasteiger partial charge < -0.3 is 10.0 Å². The number of halogens is 2. The number of carboxylic acid groups (broad SMARTS) is 1. The van der Waals surface area contributed by atoms with Crippen molar-refractivity contribution >= 4 is 33.8 Å². The van der Waals surface area contributed by atoms with E-state index in [-0.39, 0.29) is 25.1 Å². The number of hydrazine groups is 1. The molecule has 3 amide bonds. The van der Waals surface area contributed by atoms with Gasteiger partial charge in [-0.25, -0.2) is 9.18 Å². The van der Waals surface area contributed by atoms with Gasteiger partial charge in [-0.2, -0.15) is 0 Å². The van der Waals surface area contributed by atoms with Crippen LogP contribution in [-0.4, -0.2) is 51.7 Å². The Morgan fingerprint density at radius 3 is 2.78 bits per heavy atom. The van der Waals surface area contributed by atoms with E-state index in [1.165, 1.54) is 12.3 Å². The van der Waals surface area contributed by atoms with E-state index in [1.54, 1.807) is 6.07 Å². The van der Waals surface area contributed by atoms with Crippen LogP contribution < -0.4 is 10.9 Å². The second-order valence-electron chi connectivity index (χ2n) is 5.04. The quantitative estimate of drug-likeness (QED) is 0.656. The minimum Gasteiger partial charge on any atom is -0.465 e. The molecule has 0 bridgehead atoms. The van der Waals surface area contributed by atoms with E-state index in [0.717, 1.165) is 4.90 Å². The lowest BCUT2D eigenvalue weighted by Gasteiger charge is -2.34. The molecular weight excluding hydrogens is 375 g/mol. The molecule has 124 valence electrons. The lowest BCUT2D eigenvalue weighted by Crippen LogP contribution is -2.58. The van der Waals surface area contributed by atoms with Crippen molar-refractivity contribution in [3.05, 3.63) is 28.5 Å². The Bertz CT molecular complexity index is 644. The third-order valence-electron chi connectivity index (χ3n) is 3.36. The first kappa shape index (κ1) is 17.1. The number of likely N-dealkylation sites (tertiary alicyclic amines) is 1. The Hall–Kier alpha value is -2.23. The van der Waals surface area contributed by atoms with Crippen molar-refractivity contribution in [2.75, 3.05) is 13.1 Å². The maximum atomic E-state index is 14.6. The van der Waals surface area contributed by atoms with E-state index in [0.29, 0.717) is 4.47 Å². The molecule has 1 aliphatic heterocycles. The summed E-state index contributed by atoms with van der Waals surface area (Å²) >= 11 is 3.17. The van der Waals surface area contributed by atoms with Gasteiger partial charge in [0.25, 0.3) is 11.8 Å². The molecule has 1 atom stereocenters. The van der Waals surface area contributed by atoms with Crippen molar-refractivity contribution in [2.45, 2.75) is 18.5 Å². The molecule has 1 aromatic rings. The molecule has 23 heavy (non-hydrogen) atoms. The number of carbonyl (C=O) groups excluding carboxylic acids is 2. The fourth-order valence-corrected chi connectivity index (χ4v) is 2.51. The van der Waals surface area contributed by atoms with Crippen molar-refractivity contribution < 1.29 is 23.9 Å². The van der Waals surface area contributed by atoms with Gasteiger partial charge >= 0.3 is 6.09 Å². The van der Waals surface area contributed by atoms with E-state index in [1.807, 2.05) is 5.43 Å². The van der Waals surface area contributed by atoms with E-state index < -0.39 is 30.1 Å². The molecular formula is C13H14BrFN4O4. The molecule has 8 nitrogen and oxygen atoms in total. The number of amides is 3. The van der Waals surface area contributed by atoms with Crippen LogP contribution in [0.4, 0.5) is 9.18 Å². The molecule has 1 fully saturated rings. The fraction of sp³-hybridized carbons (Fsp3) is 0.385. The zero-order chi connectivity index (χ0) is 17.0. The molecule has 1 saturated heterocycles. The highest BCUT2D eigenvalue weighted by atomic mass is 79.9. The molecule has 1 aliphatic rings. The summed E-state index contributed by atoms with van der Waals surface area (Å²) in [6.45, 7) is -0.401. The summed E-state index contributed by atoms with van der Waals surface area (Å²) in [6.07, 6.45) is 0.204. The van der Waals surface area contributed by atoms with Crippen molar-refractivity contribution in [3.8, 4) is 0 Å². The Labute approximate surface area is 139 Å². The number of hydrogen-bond acceptors (Lipinski definition) is 4. The Kier molecular flexibility index (Phi) is 5.14. The molecule has 2 heterocycles. The number of carbonyl (C=O) groups is 3. The van der Waals surface area contributed by atoms with Crippen LogP contribution in [0.25, 0.3) is 0 Å². The van der Waals surface area contributed by atoms with E-state index in [2.05, 4.69) is 26.3 Å². The van der Waals surface area contributed by atoms with Crippen LogP contribution in [0.3, 0.4) is 0 Å². The number of rotatable bonds is 2. The Morgan fingerprint density at radius 2 is 2.13 bits per heavy atom. The van der Waals surface area contributed by atoms with E-state index >= 15 is 0 Å². The van der Waals surface area contributed by atoms with Crippen LogP contribution in [0.15, 0.2) is 22.8 Å². The monoisotopic (exact) mass is 388 g/mol. The Balaban J connectivity index is 1.96. The number of alkyl halides is 1. The largest absolute Gasteiger partial charge is 0.465 e. The van der Waals surface area contributed by atoms with Gasteiger partial charge in [-0.1, -0.05) is 15.9 Å². The van der Waals surface area contributed by atoms with Gasteiger partial charge in [-0.3, -0.25) is 25.4 Å². The molecule has 0 radical (unpaired) electrons. The zero-order valence-corrected chi connectivity index (χ0v) is 13.5. The fourth-order valence-electron chi connectivity index (χ4n) is 2.18. The van der Waals surface area contributed by atoms with Crippen molar-refractivity contribution in [1.82, 2.24) is 20.7 Å². The molecule has 1 unspecified atom stereocenters. The molecule has 2 rings (SSSR count). The summed E-state index contributed by atoms with van der Waals surface area (Å²) in [5.41, 5.74) is 1.70. The highest BCUT2D eigenvalue weighted by molar-refractivity contribution is 9.10. The predicted octanol–water partition coefficient (Wildman–Crippen LogP) is 1.09. The first-order valence-electron chi connectivity index (χ1n) is 6.71. The summed E-state index contributed by atoms with van der Waals surface area (Å²) in [7, 11) is 0. The highest BCUT2D eigenvalue weighted by Gasteiger charge is 2.44. The average Bonchev–Trinajstić information content (AvgIpc) is 2.52. The second-order valence-corrected chi connectivity index (χ2v) is 5.96. The maximum Gasteiger partial charge on any atom is 0.407 e. The predicted molar refractivity (Wildman–Crippen MR) is 80.2 cm³/mol. The summed E-state index contributed by atoms with van der Waals surface area (Å²) < 4.78 is 15.2. The minimum atomic E-state index is -2.38. The lowest BCUT2D eigenvalue weighted by molar-refractivity contribution is -0.136. The van der Waals surface area contributed by atoms with Gasteiger partial charge in [0.1, 0.15) is 5.69 Å². The van der Waals surface area contributed by atoms with Gasteiger partial charge in [0.05, 0.1) is 6.54 Å². The van der Waals surface area contributed by atoms with Crippen LogP contribution in [0.2, 0.25) is 0 Å². The minimum absolute atomic E-state index is 0.0309. The molecule has 1 aromatic heterocycles. The number of aromatic nitrogens is 1. The van der Waals surface area contributed by atoms with Gasteiger partial charge in [-0.05, 0) is 25.0 Å². The normalized spacial score (nSPS) is 20.7. The van der Waals surface area contributed by atoms with Gasteiger partial charge in [0.2, 0.25) is 5.67 Å². The summed E-state index contributed by atoms with van der Waals surface area (Å²) in [4.78, 5) is 39.3. The number of nitrogens with zero attached hydrogens (tertiary/aromatic N) is 2. The topological polar surface area (TPSA) is 112 Å². The van der Waals surface area contributed by atoms with Crippen molar-refractivity contribution in [3.63, 3.8) is 0 Å². The molecule has 3 N–H and O–H groups in total. The number of pyridine rings is 1. The summed E-state index contributed by atoms with van der Waals surface area (Å²) in [5.74, 6) is -1.80. The first-order valence-corrected chi connectivity index (χ1v) is 7.50. The standard InChI is InChI=1S/C13H14BrFN4O4/c14-8-2-4-16-9(6-8)10(20)17-18-11(21)13(15)3-1-5-19(7-13)12(22)23/h2,4,6H,1,3,5,7H2,(H,17,20)(H,18,21)(H,22,23). The van der Waals surface area contributed by atoms with Crippen LogP contribution in [0, 0.1) is 0 Å². The third-order valence-corrected chi connectivity index (χ3v) is 3.86. The summed E-state index contributed by atoms with van der Waals surface area (Å²) in [5, 5.41) is 8.89. The number of hydrogen-bond donors (Lipinski definition) is 3. The zero-order valence-electron chi connectivity index (χ0n) is 11.9. The van der Waals surface area contributed by atoms with Crippen molar-refractivity contribution in [1.29, 1.82) is 0 Å². The van der Waals surface area contributed by atoms with Crippen LogP contribution in [0.1, 0.15) is 23.3 Å². The van der Waals surface area contributed by atoms with Crippen LogP contribution in [-0.2, 0) is 4.79 Å². The SMILES string of the molecule is O=C(NNC(=O)C1(F)CCCN(C(=O)O)C1)c1cc(Br)ccn1. The van der Waals surface area contributed by atoms with E-state index in [9.17, 15) is 18.8 Å². The number of piperidine rings is 1. The molecule has 0 spiro atoms. The van der Waals surface area contributed by atoms with Crippen LogP contribution >= 0.6 is 15.9 Å². The van der Waals surface area contributed by atoms with Gasteiger partial charge in [0, 0.05) is 17.2 Å². The summed E-state index contributed by atoms with van der Waals surface area (Å²) in [6, 6.07) is 3.05. The molecule has 0 aromatic carbocycles. The van der Waals surface area contributed by atoms with E-state index in [4.69, 9.17) is 5.11 Å². The van der Waals surface area contributed by atoms with Crippen LogP contribution in [0.5, 0.6) is 0 Å². The highest BCUT2D eigenvalue weighted by Crippen LogP contribution is 2.25. The maximum absolute atomic E-state index is 14.6. The molecule has 0 saturated carbocycles. The Morgan fingerprint density at radius 1 is 1.39 bits per heavy atom. The average molecular weight is 389 g/mol. The molecule has 0 aliphatic carbocycles. The van der Waals surface area contributed by atoms with Crippen molar-refractivity contribution in [2.24, 2.45) is 0 Å². The van der Waals surface area contributed by atoms with Gasteiger partial charge in [0.15, 0.2) is 0 Å². The van der Waals surface area contributed by atoms with Gasteiger partial charge in [-0.15, -0.1) is 0 Å². The lowest BCUT2D eigenvalue weighted by atomic mass is 9.94.